The Morgan fingerprint density at radius 1 is 0.903 bits per heavy atom. The predicted octanol–water partition coefficient (Wildman–Crippen LogP) is 6.27. The largest absolute Gasteiger partial charge is 0.573 e. The van der Waals surface area contributed by atoms with E-state index in [1.54, 1.807) is 0 Å². The molecule has 0 saturated carbocycles. The van der Waals surface area contributed by atoms with E-state index >= 15 is 0 Å². The minimum atomic E-state index is -4.99. The molecule has 0 fully saturated rings. The van der Waals surface area contributed by atoms with Gasteiger partial charge in [0.2, 0.25) is 9.84 Å². The first kappa shape index (κ1) is 22.8. The summed E-state index contributed by atoms with van der Waals surface area (Å²) in [6, 6.07) is 15.3. The molecule has 3 aromatic carbocycles. The topological polar surface area (TPSA) is 43.4 Å². The molecule has 0 spiro atoms. The van der Waals surface area contributed by atoms with E-state index in [1.165, 1.54) is 18.2 Å². The maximum atomic E-state index is 14.2. The maximum Gasteiger partial charge on any atom is 0.573 e. The van der Waals surface area contributed by atoms with E-state index in [1.807, 2.05) is 38.1 Å². The van der Waals surface area contributed by atoms with Crippen LogP contribution in [0.2, 0.25) is 0 Å². The molecular weight excluding hydrogens is 432 g/mol. The van der Waals surface area contributed by atoms with Crippen molar-refractivity contribution < 1.29 is 30.7 Å². The highest BCUT2D eigenvalue weighted by molar-refractivity contribution is 7.91. The van der Waals surface area contributed by atoms with E-state index in [2.05, 4.69) is 4.74 Å². The van der Waals surface area contributed by atoms with Crippen molar-refractivity contribution in [2.45, 2.75) is 42.3 Å². The zero-order valence-corrected chi connectivity index (χ0v) is 17.6. The first-order chi connectivity index (χ1) is 14.5. The average Bonchev–Trinajstić information content (AvgIpc) is 2.68. The lowest BCUT2D eigenvalue weighted by molar-refractivity contribution is -0.274. The second kappa shape index (κ2) is 8.70. The second-order valence-corrected chi connectivity index (χ2v) is 9.21. The molecule has 3 nitrogen and oxygen atoms in total. The summed E-state index contributed by atoms with van der Waals surface area (Å²) in [5, 5.41) is 0. The third kappa shape index (κ3) is 5.44. The van der Waals surface area contributed by atoms with Crippen LogP contribution >= 0.6 is 0 Å². The van der Waals surface area contributed by atoms with Crippen molar-refractivity contribution in [3.63, 3.8) is 0 Å². The summed E-state index contributed by atoms with van der Waals surface area (Å²) in [6.07, 6.45) is -4.86. The van der Waals surface area contributed by atoms with Crippen molar-refractivity contribution in [1.29, 1.82) is 0 Å². The van der Waals surface area contributed by atoms with Crippen LogP contribution in [-0.2, 0) is 16.3 Å². The third-order valence-corrected chi connectivity index (χ3v) is 6.60. The molecule has 0 radical (unpaired) electrons. The lowest BCUT2D eigenvalue weighted by Crippen LogP contribution is -2.18. The highest BCUT2D eigenvalue weighted by Crippen LogP contribution is 2.33. The zero-order valence-electron chi connectivity index (χ0n) is 16.8. The molecule has 0 N–H and O–H groups in total. The quantitative estimate of drug-likeness (QED) is 0.414. The third-order valence-electron chi connectivity index (χ3n) is 4.73. The van der Waals surface area contributed by atoms with E-state index in [0.29, 0.717) is 5.92 Å². The van der Waals surface area contributed by atoms with Gasteiger partial charge in [-0.05, 0) is 53.3 Å². The molecule has 0 aromatic heterocycles. The number of benzene rings is 3. The van der Waals surface area contributed by atoms with Crippen LogP contribution in [0.1, 0.15) is 36.5 Å². The summed E-state index contributed by atoms with van der Waals surface area (Å²) in [5.74, 6) is -1.37. The highest BCUT2D eigenvalue weighted by Gasteiger charge is 2.32. The van der Waals surface area contributed by atoms with Crippen LogP contribution in [0.3, 0.4) is 0 Å². The fourth-order valence-corrected chi connectivity index (χ4v) is 4.73. The monoisotopic (exact) mass is 452 g/mol. The number of rotatable bonds is 6. The molecule has 3 rings (SSSR count). The summed E-state index contributed by atoms with van der Waals surface area (Å²) in [5.41, 5.74) is 2.09. The van der Waals surface area contributed by atoms with Gasteiger partial charge in [-0.25, -0.2) is 12.8 Å². The van der Waals surface area contributed by atoms with Gasteiger partial charge in [-0.3, -0.25) is 0 Å². The number of ether oxygens (including phenoxy) is 1. The molecule has 0 aliphatic carbocycles. The summed E-state index contributed by atoms with van der Waals surface area (Å²) >= 11 is 0. The summed E-state index contributed by atoms with van der Waals surface area (Å²) < 4.78 is 82.4. The number of halogens is 4. The summed E-state index contributed by atoms with van der Waals surface area (Å²) in [6.45, 7) is 4.07. The number of alkyl halides is 3. The van der Waals surface area contributed by atoms with Gasteiger partial charge in [0.1, 0.15) is 16.5 Å². The minimum Gasteiger partial charge on any atom is -0.406 e. The molecule has 0 amide bonds. The standard InChI is InChI=1S/C23H20F4O3S/c1-15(2)17-9-7-16(8-10-17)13-18-11-12-19(30-23(25,26)27)14-22(18)31(28,29)21-6-4-3-5-20(21)24/h3-12,14-15H,13H2,1-2H3. The first-order valence-corrected chi connectivity index (χ1v) is 10.9. The molecule has 31 heavy (non-hydrogen) atoms. The van der Waals surface area contributed by atoms with Gasteiger partial charge in [0, 0.05) is 0 Å². The van der Waals surface area contributed by atoms with Gasteiger partial charge >= 0.3 is 6.36 Å². The molecule has 0 saturated heterocycles. The Morgan fingerprint density at radius 2 is 1.55 bits per heavy atom. The van der Waals surface area contributed by atoms with Crippen molar-refractivity contribution in [3.8, 4) is 5.75 Å². The normalized spacial score (nSPS) is 12.2. The van der Waals surface area contributed by atoms with Crippen molar-refractivity contribution in [3.05, 3.63) is 89.2 Å². The smallest absolute Gasteiger partial charge is 0.406 e. The fraction of sp³-hybridized carbons (Fsp3) is 0.217. The Morgan fingerprint density at radius 3 is 2.13 bits per heavy atom. The van der Waals surface area contributed by atoms with E-state index in [0.717, 1.165) is 35.4 Å². The molecule has 0 unspecified atom stereocenters. The van der Waals surface area contributed by atoms with E-state index in [9.17, 15) is 26.0 Å². The molecule has 0 aliphatic rings. The predicted molar refractivity (Wildman–Crippen MR) is 108 cm³/mol. The minimum absolute atomic E-state index is 0.133. The Balaban J connectivity index is 2.09. The summed E-state index contributed by atoms with van der Waals surface area (Å²) in [7, 11) is -4.44. The van der Waals surface area contributed by atoms with Crippen LogP contribution < -0.4 is 4.74 Å². The molecule has 0 atom stereocenters. The van der Waals surface area contributed by atoms with Crippen LogP contribution in [0.5, 0.6) is 5.75 Å². The van der Waals surface area contributed by atoms with Crippen molar-refractivity contribution in [2.75, 3.05) is 0 Å². The van der Waals surface area contributed by atoms with Gasteiger partial charge in [0.25, 0.3) is 0 Å². The van der Waals surface area contributed by atoms with Gasteiger partial charge in [-0.2, -0.15) is 0 Å². The molecular formula is C23H20F4O3S. The second-order valence-electron chi connectivity index (χ2n) is 7.32. The van der Waals surface area contributed by atoms with Crippen LogP contribution in [0.15, 0.2) is 76.5 Å². The highest BCUT2D eigenvalue weighted by atomic mass is 32.2. The average molecular weight is 452 g/mol. The molecule has 0 aliphatic heterocycles. The van der Waals surface area contributed by atoms with Gasteiger partial charge in [-0.1, -0.05) is 56.3 Å². The van der Waals surface area contributed by atoms with Crippen LogP contribution in [0, 0.1) is 5.82 Å². The lowest BCUT2D eigenvalue weighted by atomic mass is 9.99. The van der Waals surface area contributed by atoms with E-state index in [4.69, 9.17) is 0 Å². The number of hydrogen-bond donors (Lipinski definition) is 0. The number of sulfone groups is 1. The van der Waals surface area contributed by atoms with E-state index < -0.39 is 37.6 Å². The van der Waals surface area contributed by atoms with Gasteiger partial charge in [0.05, 0.1) is 4.90 Å². The Hall–Kier alpha value is -2.87. The van der Waals surface area contributed by atoms with Crippen LogP contribution in [0.4, 0.5) is 17.6 Å². The Kier molecular flexibility index (Phi) is 6.40. The molecule has 0 bridgehead atoms. The van der Waals surface area contributed by atoms with Crippen molar-refractivity contribution in [2.24, 2.45) is 0 Å². The van der Waals surface area contributed by atoms with Crippen molar-refractivity contribution >= 4 is 9.84 Å². The van der Waals surface area contributed by atoms with Gasteiger partial charge < -0.3 is 4.74 Å². The van der Waals surface area contributed by atoms with Gasteiger partial charge in [-0.15, -0.1) is 13.2 Å². The molecule has 164 valence electrons. The summed E-state index contributed by atoms with van der Waals surface area (Å²) in [4.78, 5) is -1.05. The van der Waals surface area contributed by atoms with Crippen molar-refractivity contribution in [1.82, 2.24) is 0 Å². The molecule has 0 heterocycles. The number of hydrogen-bond acceptors (Lipinski definition) is 3. The first-order valence-electron chi connectivity index (χ1n) is 9.44. The van der Waals surface area contributed by atoms with Crippen LogP contribution in [0.25, 0.3) is 0 Å². The molecule has 3 aromatic rings. The zero-order chi connectivity index (χ0) is 22.8. The fourth-order valence-electron chi connectivity index (χ4n) is 3.15. The lowest BCUT2D eigenvalue weighted by Gasteiger charge is -2.15. The SMILES string of the molecule is CC(C)c1ccc(Cc2ccc(OC(F)(F)F)cc2S(=O)(=O)c2ccccc2F)cc1. The Bertz CT molecular complexity index is 1170. The van der Waals surface area contributed by atoms with Crippen LogP contribution in [-0.4, -0.2) is 14.8 Å². The van der Waals surface area contributed by atoms with Gasteiger partial charge in [0.15, 0.2) is 0 Å². The molecule has 8 heteroatoms. The maximum absolute atomic E-state index is 14.2. The Labute approximate surface area is 178 Å². The van der Waals surface area contributed by atoms with E-state index in [-0.39, 0.29) is 12.0 Å².